The highest BCUT2D eigenvalue weighted by atomic mass is 32.5. The van der Waals surface area contributed by atoms with Gasteiger partial charge in [-0.1, -0.05) is 0 Å². The highest BCUT2D eigenvalue weighted by Crippen LogP contribution is 2.47. The molecule has 1 atom stereocenters. The molecule has 0 fully saturated rings. The van der Waals surface area contributed by atoms with Crippen LogP contribution in [0.25, 0.3) is 0 Å². The van der Waals surface area contributed by atoms with Crippen molar-refractivity contribution in [2.75, 3.05) is 27.7 Å². The van der Waals surface area contributed by atoms with Crippen molar-refractivity contribution in [3.63, 3.8) is 0 Å². The van der Waals surface area contributed by atoms with E-state index in [9.17, 15) is 13.3 Å². The molecule has 86 valence electrons. The van der Waals surface area contributed by atoms with Crippen molar-refractivity contribution in [1.29, 1.82) is 0 Å². The summed E-state index contributed by atoms with van der Waals surface area (Å²) in [6.45, 7) is -1.62. The minimum absolute atomic E-state index is 0.168. The average Bonchev–Trinajstić information content (AvgIpc) is 2.02. The van der Waals surface area contributed by atoms with Gasteiger partial charge in [-0.2, -0.15) is 12.7 Å². The van der Waals surface area contributed by atoms with Gasteiger partial charge in [-0.3, -0.25) is 0 Å². The summed E-state index contributed by atoms with van der Waals surface area (Å²) in [6.07, 6.45) is 0. The zero-order chi connectivity index (χ0) is 11.6. The van der Waals surface area contributed by atoms with E-state index >= 15 is 0 Å². The molecule has 0 aromatic carbocycles. The third-order valence-corrected chi connectivity index (χ3v) is 6.99. The SMILES string of the molecule is CCOP(O)(=S)N(C)S(=O)(=O)N(C)C. The van der Waals surface area contributed by atoms with Crippen LogP contribution in [0.2, 0.25) is 0 Å². The van der Waals surface area contributed by atoms with E-state index in [-0.39, 0.29) is 6.61 Å². The first kappa shape index (κ1) is 14.4. The molecule has 0 saturated carbocycles. The summed E-state index contributed by atoms with van der Waals surface area (Å²) >= 11 is 4.70. The molecule has 0 radical (unpaired) electrons. The topological polar surface area (TPSA) is 70.1 Å². The first-order valence-electron chi connectivity index (χ1n) is 3.80. The van der Waals surface area contributed by atoms with Gasteiger partial charge < -0.3 is 9.42 Å². The van der Waals surface area contributed by atoms with Crippen LogP contribution in [-0.2, 0) is 26.5 Å². The van der Waals surface area contributed by atoms with Crippen molar-refractivity contribution < 1.29 is 17.8 Å². The molecule has 0 rings (SSSR count). The lowest BCUT2D eigenvalue weighted by Crippen LogP contribution is -2.35. The first-order chi connectivity index (χ1) is 6.16. The van der Waals surface area contributed by atoms with Gasteiger partial charge in [0.25, 0.3) is 16.9 Å². The van der Waals surface area contributed by atoms with Gasteiger partial charge in [0, 0.05) is 21.1 Å². The number of hydrogen-bond donors (Lipinski definition) is 1. The Morgan fingerprint density at radius 3 is 2.14 bits per heavy atom. The summed E-state index contributed by atoms with van der Waals surface area (Å²) in [5.41, 5.74) is 0. The fraction of sp³-hybridized carbons (Fsp3) is 1.00. The Balaban J connectivity index is 4.97. The Hall–Kier alpha value is 0.440. The molecule has 1 unspecified atom stereocenters. The maximum absolute atomic E-state index is 11.5. The Morgan fingerprint density at radius 2 is 1.86 bits per heavy atom. The van der Waals surface area contributed by atoms with Crippen molar-refractivity contribution in [3.05, 3.63) is 0 Å². The van der Waals surface area contributed by atoms with Crippen LogP contribution in [0.5, 0.6) is 0 Å². The Morgan fingerprint density at radius 1 is 1.43 bits per heavy atom. The molecule has 0 aliphatic rings. The minimum atomic E-state index is -3.72. The lowest BCUT2D eigenvalue weighted by atomic mass is 10.9. The maximum atomic E-state index is 11.5. The van der Waals surface area contributed by atoms with Crippen LogP contribution < -0.4 is 0 Å². The standard InChI is InChI=1S/C5H15N2O4PS2/c1-5-11-12(8,13)7(4)14(9,10)6(2)3/h5H2,1-4H3,(H,8,13). The van der Waals surface area contributed by atoms with Gasteiger partial charge in [0.15, 0.2) is 0 Å². The van der Waals surface area contributed by atoms with Crippen LogP contribution in [-0.4, -0.2) is 49.4 Å². The predicted octanol–water partition coefficient (Wildman–Crippen LogP) is -0.0221. The van der Waals surface area contributed by atoms with Crippen molar-refractivity contribution in [2.45, 2.75) is 6.92 Å². The quantitative estimate of drug-likeness (QED) is 0.705. The molecule has 14 heavy (non-hydrogen) atoms. The molecule has 0 aliphatic carbocycles. The van der Waals surface area contributed by atoms with Gasteiger partial charge in [0.1, 0.15) is 0 Å². The second-order valence-corrected chi connectivity index (χ2v) is 8.34. The monoisotopic (exact) mass is 262 g/mol. The smallest absolute Gasteiger partial charge is 0.288 e. The first-order valence-corrected chi connectivity index (χ1v) is 7.82. The Kier molecular flexibility index (Phi) is 5.13. The summed E-state index contributed by atoms with van der Waals surface area (Å²) in [7, 11) is 0.189. The Bertz CT molecular complexity index is 329. The lowest BCUT2D eigenvalue weighted by molar-refractivity contribution is 0.300. The van der Waals surface area contributed by atoms with Crippen molar-refractivity contribution in [3.8, 4) is 0 Å². The van der Waals surface area contributed by atoms with Gasteiger partial charge in [-0.25, -0.2) is 0 Å². The largest absolute Gasteiger partial charge is 0.333 e. The molecule has 0 aliphatic heterocycles. The molecule has 0 aromatic rings. The van der Waals surface area contributed by atoms with Crippen molar-refractivity contribution in [2.24, 2.45) is 0 Å². The molecule has 0 spiro atoms. The van der Waals surface area contributed by atoms with Crippen LogP contribution in [0, 0.1) is 0 Å². The second kappa shape index (κ2) is 4.98. The number of rotatable bonds is 5. The predicted molar refractivity (Wildman–Crippen MR) is 58.5 cm³/mol. The summed E-state index contributed by atoms with van der Waals surface area (Å²) in [4.78, 5) is 9.59. The molecule has 0 heterocycles. The average molecular weight is 262 g/mol. The van der Waals surface area contributed by atoms with E-state index in [1.165, 1.54) is 21.1 Å². The van der Waals surface area contributed by atoms with Gasteiger partial charge >= 0.3 is 0 Å². The molecular formula is C5H15N2O4PS2. The molecular weight excluding hydrogens is 247 g/mol. The van der Waals surface area contributed by atoms with Crippen LogP contribution in [0.1, 0.15) is 6.92 Å². The third kappa shape index (κ3) is 3.23. The van der Waals surface area contributed by atoms with Gasteiger partial charge in [-0.05, 0) is 18.7 Å². The summed E-state index contributed by atoms with van der Waals surface area (Å²) in [5.74, 6) is 0. The van der Waals surface area contributed by atoms with E-state index in [1.807, 2.05) is 0 Å². The van der Waals surface area contributed by atoms with E-state index in [4.69, 9.17) is 16.3 Å². The number of hydrogen-bond acceptors (Lipinski definition) is 4. The molecule has 9 heteroatoms. The zero-order valence-electron chi connectivity index (χ0n) is 8.54. The van der Waals surface area contributed by atoms with Crippen molar-refractivity contribution >= 4 is 28.7 Å². The third-order valence-electron chi connectivity index (χ3n) is 1.45. The Labute approximate surface area is 89.9 Å². The summed E-state index contributed by atoms with van der Waals surface area (Å²) in [5, 5.41) is 0. The normalized spacial score (nSPS) is 17.4. The van der Waals surface area contributed by atoms with E-state index in [0.717, 1.165) is 4.31 Å². The second-order valence-electron chi connectivity index (χ2n) is 2.63. The molecule has 0 saturated heterocycles. The molecule has 1 N–H and O–H groups in total. The summed E-state index contributed by atoms with van der Waals surface area (Å²) in [6, 6.07) is 0. The van der Waals surface area contributed by atoms with E-state index in [2.05, 4.69) is 0 Å². The number of nitrogens with zero attached hydrogens (tertiary/aromatic N) is 2. The lowest BCUT2D eigenvalue weighted by Gasteiger charge is -2.27. The molecule has 6 nitrogen and oxygen atoms in total. The zero-order valence-corrected chi connectivity index (χ0v) is 11.1. The van der Waals surface area contributed by atoms with E-state index in [1.54, 1.807) is 6.92 Å². The highest BCUT2D eigenvalue weighted by Gasteiger charge is 2.32. The molecule has 0 amide bonds. The minimum Gasteiger partial charge on any atom is -0.333 e. The van der Waals surface area contributed by atoms with Crippen LogP contribution in [0.15, 0.2) is 0 Å². The van der Waals surface area contributed by atoms with E-state index in [0.29, 0.717) is 4.08 Å². The van der Waals surface area contributed by atoms with Crippen LogP contribution in [0.4, 0.5) is 0 Å². The fourth-order valence-electron chi connectivity index (χ4n) is 0.616. The highest BCUT2D eigenvalue weighted by molar-refractivity contribution is 8.12. The van der Waals surface area contributed by atoms with Crippen molar-refractivity contribution in [1.82, 2.24) is 8.38 Å². The van der Waals surface area contributed by atoms with Gasteiger partial charge in [0.2, 0.25) is 0 Å². The van der Waals surface area contributed by atoms with E-state index < -0.39 is 16.9 Å². The van der Waals surface area contributed by atoms with Crippen LogP contribution >= 0.6 is 6.64 Å². The maximum Gasteiger partial charge on any atom is 0.288 e. The fourth-order valence-corrected chi connectivity index (χ4v) is 4.29. The van der Waals surface area contributed by atoms with Crippen LogP contribution in [0.3, 0.4) is 0 Å². The van der Waals surface area contributed by atoms with Gasteiger partial charge in [0.05, 0.1) is 6.61 Å². The molecule has 0 bridgehead atoms. The summed E-state index contributed by atoms with van der Waals surface area (Å²) < 4.78 is 29.5. The van der Waals surface area contributed by atoms with Gasteiger partial charge in [-0.15, -0.1) is 4.08 Å². The molecule has 0 aromatic heterocycles.